The van der Waals surface area contributed by atoms with Crippen molar-refractivity contribution in [2.24, 2.45) is 0 Å². The van der Waals surface area contributed by atoms with Crippen molar-refractivity contribution >= 4 is 17.0 Å². The lowest BCUT2D eigenvalue weighted by Gasteiger charge is -2.23. The summed E-state index contributed by atoms with van der Waals surface area (Å²) in [6.45, 7) is 2.96. The molecule has 0 radical (unpaired) electrons. The van der Waals surface area contributed by atoms with Crippen molar-refractivity contribution in [2.45, 2.75) is 13.0 Å². The Balaban J connectivity index is 2.16. The van der Waals surface area contributed by atoms with Gasteiger partial charge in [0.2, 0.25) is 0 Å². The maximum absolute atomic E-state index is 11.5. The summed E-state index contributed by atoms with van der Waals surface area (Å²) in [6, 6.07) is 10.4. The Morgan fingerprint density at radius 2 is 2.07 bits per heavy atom. The molecule has 1 saturated heterocycles. The lowest BCUT2D eigenvalue weighted by atomic mass is 10.1. The lowest BCUT2D eigenvalue weighted by Crippen LogP contribution is -2.26. The molecule has 14 heavy (non-hydrogen) atoms. The molecule has 2 nitrogen and oxygen atoms in total. The zero-order valence-corrected chi connectivity index (χ0v) is 8.96. The standard InChI is InChI=1S/C11H13NOS/c1-9(10-5-3-2-4-6-10)12-7-8-14-11(12)13/h2-6,9H,7-8H2,1H3. The van der Waals surface area contributed by atoms with Crippen LogP contribution in [0.1, 0.15) is 18.5 Å². The predicted octanol–water partition coefficient (Wildman–Crippen LogP) is 2.92. The quantitative estimate of drug-likeness (QED) is 0.743. The van der Waals surface area contributed by atoms with Crippen molar-refractivity contribution in [2.75, 3.05) is 12.3 Å². The van der Waals surface area contributed by atoms with Gasteiger partial charge < -0.3 is 4.90 Å². The molecule has 0 aromatic heterocycles. The molecule has 1 aromatic carbocycles. The molecule has 1 unspecified atom stereocenters. The number of nitrogens with zero attached hydrogens (tertiary/aromatic N) is 1. The summed E-state index contributed by atoms with van der Waals surface area (Å²) in [4.78, 5) is 13.4. The van der Waals surface area contributed by atoms with E-state index in [-0.39, 0.29) is 11.3 Å². The third-order valence-electron chi connectivity index (χ3n) is 2.54. The molecule has 3 heteroatoms. The van der Waals surface area contributed by atoms with E-state index in [0.29, 0.717) is 0 Å². The minimum Gasteiger partial charge on any atom is -0.326 e. The second kappa shape index (κ2) is 4.05. The summed E-state index contributed by atoms with van der Waals surface area (Å²) in [7, 11) is 0. The molecule has 1 heterocycles. The molecule has 1 amide bonds. The van der Waals surface area contributed by atoms with Crippen molar-refractivity contribution < 1.29 is 4.79 Å². The molecule has 1 aliphatic rings. The number of rotatable bonds is 2. The second-order valence-electron chi connectivity index (χ2n) is 3.39. The van der Waals surface area contributed by atoms with Gasteiger partial charge in [-0.2, -0.15) is 0 Å². The Kier molecular flexibility index (Phi) is 2.77. The van der Waals surface area contributed by atoms with Crippen LogP contribution in [0.2, 0.25) is 0 Å². The number of hydrogen-bond donors (Lipinski definition) is 0. The highest BCUT2D eigenvalue weighted by atomic mass is 32.2. The lowest BCUT2D eigenvalue weighted by molar-refractivity contribution is 0.213. The maximum atomic E-state index is 11.5. The van der Waals surface area contributed by atoms with Crippen molar-refractivity contribution in [3.63, 3.8) is 0 Å². The van der Waals surface area contributed by atoms with Crippen LogP contribution in [0.5, 0.6) is 0 Å². The predicted molar refractivity (Wildman–Crippen MR) is 59.4 cm³/mol. The molecule has 74 valence electrons. The number of carbonyl (C=O) groups is 1. The van der Waals surface area contributed by atoms with Gasteiger partial charge in [0, 0.05) is 12.3 Å². The third-order valence-corrected chi connectivity index (χ3v) is 3.41. The Bertz CT molecular complexity index is 325. The van der Waals surface area contributed by atoms with Gasteiger partial charge in [0.05, 0.1) is 6.04 Å². The molecule has 1 aromatic rings. The minimum absolute atomic E-state index is 0.207. The number of amides is 1. The molecule has 0 saturated carbocycles. The zero-order chi connectivity index (χ0) is 9.97. The zero-order valence-electron chi connectivity index (χ0n) is 8.14. The first kappa shape index (κ1) is 9.59. The summed E-state index contributed by atoms with van der Waals surface area (Å²) in [5.41, 5.74) is 1.21. The summed E-state index contributed by atoms with van der Waals surface area (Å²) < 4.78 is 0. The fraction of sp³-hybridized carbons (Fsp3) is 0.364. The summed E-state index contributed by atoms with van der Waals surface area (Å²) in [5.74, 6) is 0.927. The molecule has 1 aliphatic heterocycles. The Morgan fingerprint density at radius 1 is 1.36 bits per heavy atom. The van der Waals surface area contributed by atoms with Crippen LogP contribution in [0.15, 0.2) is 30.3 Å². The van der Waals surface area contributed by atoms with Crippen LogP contribution in [-0.4, -0.2) is 22.4 Å². The Morgan fingerprint density at radius 3 is 2.64 bits per heavy atom. The monoisotopic (exact) mass is 207 g/mol. The highest BCUT2D eigenvalue weighted by Gasteiger charge is 2.26. The van der Waals surface area contributed by atoms with Gasteiger partial charge >= 0.3 is 0 Å². The molecular weight excluding hydrogens is 194 g/mol. The summed E-state index contributed by atoms with van der Waals surface area (Å²) >= 11 is 1.42. The van der Waals surface area contributed by atoms with E-state index < -0.39 is 0 Å². The number of benzene rings is 1. The van der Waals surface area contributed by atoms with Gasteiger partial charge in [-0.25, -0.2) is 0 Å². The van der Waals surface area contributed by atoms with Gasteiger partial charge in [-0.3, -0.25) is 4.79 Å². The van der Waals surface area contributed by atoms with Crippen LogP contribution in [0.4, 0.5) is 4.79 Å². The van der Waals surface area contributed by atoms with E-state index in [1.54, 1.807) is 0 Å². The smallest absolute Gasteiger partial charge is 0.282 e. The van der Waals surface area contributed by atoms with Crippen LogP contribution >= 0.6 is 11.8 Å². The number of hydrogen-bond acceptors (Lipinski definition) is 2. The molecule has 0 spiro atoms. The summed E-state index contributed by atoms with van der Waals surface area (Å²) in [6.07, 6.45) is 0. The van der Waals surface area contributed by atoms with Crippen LogP contribution < -0.4 is 0 Å². The van der Waals surface area contributed by atoms with Crippen LogP contribution in [-0.2, 0) is 0 Å². The first-order valence-corrected chi connectivity index (χ1v) is 5.76. The maximum Gasteiger partial charge on any atom is 0.282 e. The van der Waals surface area contributed by atoms with Crippen LogP contribution in [0, 0.1) is 0 Å². The highest BCUT2D eigenvalue weighted by Crippen LogP contribution is 2.28. The van der Waals surface area contributed by atoms with E-state index in [9.17, 15) is 4.79 Å². The van der Waals surface area contributed by atoms with Crippen molar-refractivity contribution in [1.82, 2.24) is 4.90 Å². The average Bonchev–Trinajstić information content (AvgIpc) is 2.65. The molecule has 2 rings (SSSR count). The van der Waals surface area contributed by atoms with E-state index >= 15 is 0 Å². The Labute approximate surface area is 88.3 Å². The van der Waals surface area contributed by atoms with E-state index in [0.717, 1.165) is 12.3 Å². The Hall–Kier alpha value is -0.960. The SMILES string of the molecule is CC(c1ccccc1)N1CCSC1=O. The van der Waals surface area contributed by atoms with Crippen molar-refractivity contribution in [3.05, 3.63) is 35.9 Å². The molecular formula is C11H13NOS. The fourth-order valence-corrected chi connectivity index (χ4v) is 2.55. The normalized spacial score (nSPS) is 18.6. The van der Waals surface area contributed by atoms with E-state index in [1.165, 1.54) is 17.3 Å². The average molecular weight is 207 g/mol. The van der Waals surface area contributed by atoms with E-state index in [2.05, 4.69) is 19.1 Å². The van der Waals surface area contributed by atoms with Gasteiger partial charge in [0.15, 0.2) is 0 Å². The molecule has 0 bridgehead atoms. The van der Waals surface area contributed by atoms with Gasteiger partial charge in [-0.1, -0.05) is 42.1 Å². The topological polar surface area (TPSA) is 20.3 Å². The summed E-state index contributed by atoms with van der Waals surface area (Å²) in [5, 5.41) is 0.210. The van der Waals surface area contributed by atoms with Crippen LogP contribution in [0.25, 0.3) is 0 Å². The van der Waals surface area contributed by atoms with Gasteiger partial charge in [-0.05, 0) is 12.5 Å². The van der Waals surface area contributed by atoms with E-state index in [1.807, 2.05) is 23.1 Å². The van der Waals surface area contributed by atoms with Gasteiger partial charge in [-0.15, -0.1) is 0 Å². The molecule has 1 atom stereocenters. The first-order chi connectivity index (χ1) is 6.79. The molecule has 0 N–H and O–H groups in total. The first-order valence-electron chi connectivity index (χ1n) is 4.77. The molecule has 1 fully saturated rings. The largest absolute Gasteiger partial charge is 0.326 e. The van der Waals surface area contributed by atoms with E-state index in [4.69, 9.17) is 0 Å². The van der Waals surface area contributed by atoms with Crippen LogP contribution in [0.3, 0.4) is 0 Å². The van der Waals surface area contributed by atoms with Crippen molar-refractivity contribution in [1.29, 1.82) is 0 Å². The minimum atomic E-state index is 0.207. The third kappa shape index (κ3) is 1.77. The highest BCUT2D eigenvalue weighted by molar-refractivity contribution is 8.13. The van der Waals surface area contributed by atoms with Gasteiger partial charge in [0.25, 0.3) is 5.24 Å². The molecule has 0 aliphatic carbocycles. The fourth-order valence-electron chi connectivity index (χ4n) is 1.67. The number of carbonyl (C=O) groups excluding carboxylic acids is 1. The van der Waals surface area contributed by atoms with Crippen molar-refractivity contribution in [3.8, 4) is 0 Å². The van der Waals surface area contributed by atoms with Gasteiger partial charge in [0.1, 0.15) is 0 Å². The second-order valence-corrected chi connectivity index (χ2v) is 4.44. The number of thioether (sulfide) groups is 1.